The maximum Gasteiger partial charge on any atom is 0.223 e. The molecule has 2 aromatic carbocycles. The third-order valence-corrected chi connectivity index (χ3v) is 4.43. The maximum absolute atomic E-state index is 12.2. The van der Waals surface area contributed by atoms with E-state index >= 15 is 0 Å². The van der Waals surface area contributed by atoms with Gasteiger partial charge in [-0.15, -0.1) is 0 Å². The van der Waals surface area contributed by atoms with Crippen LogP contribution in [-0.2, 0) is 4.79 Å². The topological polar surface area (TPSA) is 46.3 Å². The molecule has 1 atom stereocenters. The molecule has 1 fully saturated rings. The first-order valence-electron chi connectivity index (χ1n) is 7.85. The van der Waals surface area contributed by atoms with Gasteiger partial charge in [0, 0.05) is 25.4 Å². The zero-order valence-electron chi connectivity index (χ0n) is 12.7. The van der Waals surface area contributed by atoms with Gasteiger partial charge in [0.2, 0.25) is 5.91 Å². The summed E-state index contributed by atoms with van der Waals surface area (Å²) in [7, 11) is 0. The molecule has 114 valence electrons. The maximum atomic E-state index is 12.2. The van der Waals surface area contributed by atoms with E-state index in [1.807, 2.05) is 17.0 Å². The van der Waals surface area contributed by atoms with Crippen molar-refractivity contribution in [2.75, 3.05) is 19.6 Å². The number of nitrogens with zero attached hydrogens (tertiary/aromatic N) is 1. The highest BCUT2D eigenvalue weighted by Crippen LogP contribution is 2.28. The number of rotatable bonds is 5. The summed E-state index contributed by atoms with van der Waals surface area (Å²) in [5, 5.41) is 0. The number of carbonyl (C=O) groups excluding carboxylic acids is 1. The Morgan fingerprint density at radius 3 is 2.00 bits per heavy atom. The van der Waals surface area contributed by atoms with Gasteiger partial charge in [-0.2, -0.15) is 0 Å². The lowest BCUT2D eigenvalue weighted by Gasteiger charge is -2.25. The Morgan fingerprint density at radius 1 is 1.00 bits per heavy atom. The fourth-order valence-corrected chi connectivity index (χ4v) is 3.18. The van der Waals surface area contributed by atoms with Crippen LogP contribution in [0.25, 0.3) is 0 Å². The van der Waals surface area contributed by atoms with E-state index in [0.29, 0.717) is 18.9 Å². The standard InChI is InChI=1S/C19H22N2O/c20-12-15-11-19(22)21(13-15)14-18(16-7-3-1-4-8-16)17-9-5-2-6-10-17/h1-10,15,18H,11-14,20H2. The van der Waals surface area contributed by atoms with Crippen LogP contribution in [0.3, 0.4) is 0 Å². The molecule has 3 nitrogen and oxygen atoms in total. The minimum Gasteiger partial charge on any atom is -0.341 e. The van der Waals surface area contributed by atoms with Gasteiger partial charge in [0.15, 0.2) is 0 Å². The number of hydrogen-bond donors (Lipinski definition) is 1. The number of likely N-dealkylation sites (tertiary alicyclic amines) is 1. The van der Waals surface area contributed by atoms with Gasteiger partial charge in [0.1, 0.15) is 0 Å². The first kappa shape index (κ1) is 14.8. The van der Waals surface area contributed by atoms with E-state index in [1.165, 1.54) is 11.1 Å². The van der Waals surface area contributed by atoms with Crippen molar-refractivity contribution in [1.82, 2.24) is 4.90 Å². The molecule has 0 radical (unpaired) electrons. The van der Waals surface area contributed by atoms with Crippen molar-refractivity contribution in [2.45, 2.75) is 12.3 Å². The van der Waals surface area contributed by atoms with Crippen LogP contribution in [0.2, 0.25) is 0 Å². The Morgan fingerprint density at radius 2 is 1.55 bits per heavy atom. The summed E-state index contributed by atoms with van der Waals surface area (Å²) in [5.74, 6) is 0.745. The Balaban J connectivity index is 1.85. The molecule has 0 aromatic heterocycles. The van der Waals surface area contributed by atoms with Gasteiger partial charge in [0.25, 0.3) is 0 Å². The van der Waals surface area contributed by atoms with Crippen LogP contribution in [0.4, 0.5) is 0 Å². The molecule has 0 aliphatic carbocycles. The zero-order valence-corrected chi connectivity index (χ0v) is 12.7. The second-order valence-corrected chi connectivity index (χ2v) is 5.98. The van der Waals surface area contributed by atoms with Gasteiger partial charge in [-0.3, -0.25) is 4.79 Å². The fraction of sp³-hybridized carbons (Fsp3) is 0.316. The number of hydrogen-bond acceptors (Lipinski definition) is 2. The molecule has 3 heteroatoms. The highest BCUT2D eigenvalue weighted by atomic mass is 16.2. The highest BCUT2D eigenvalue weighted by Gasteiger charge is 2.30. The Kier molecular flexibility index (Phi) is 4.54. The number of nitrogens with two attached hydrogens (primary N) is 1. The summed E-state index contributed by atoms with van der Waals surface area (Å²) in [5.41, 5.74) is 8.23. The zero-order chi connectivity index (χ0) is 15.4. The molecule has 1 unspecified atom stereocenters. The van der Waals surface area contributed by atoms with Crippen molar-refractivity contribution < 1.29 is 4.79 Å². The molecule has 1 aliphatic heterocycles. The van der Waals surface area contributed by atoms with Crippen molar-refractivity contribution >= 4 is 5.91 Å². The van der Waals surface area contributed by atoms with Gasteiger partial charge in [-0.25, -0.2) is 0 Å². The fourth-order valence-electron chi connectivity index (χ4n) is 3.18. The average Bonchev–Trinajstić information content (AvgIpc) is 2.94. The predicted molar refractivity (Wildman–Crippen MR) is 88.5 cm³/mol. The lowest BCUT2D eigenvalue weighted by Crippen LogP contribution is -2.31. The molecular weight excluding hydrogens is 272 g/mol. The van der Waals surface area contributed by atoms with Crippen molar-refractivity contribution in [2.24, 2.45) is 11.7 Å². The number of amides is 1. The van der Waals surface area contributed by atoms with Crippen LogP contribution in [0.1, 0.15) is 23.5 Å². The van der Waals surface area contributed by atoms with Gasteiger partial charge < -0.3 is 10.6 Å². The van der Waals surface area contributed by atoms with E-state index < -0.39 is 0 Å². The van der Waals surface area contributed by atoms with E-state index in [-0.39, 0.29) is 11.8 Å². The van der Waals surface area contributed by atoms with Crippen LogP contribution in [0, 0.1) is 5.92 Å². The number of benzene rings is 2. The van der Waals surface area contributed by atoms with E-state index in [2.05, 4.69) is 48.5 Å². The van der Waals surface area contributed by atoms with Crippen molar-refractivity contribution in [1.29, 1.82) is 0 Å². The van der Waals surface area contributed by atoms with E-state index in [1.54, 1.807) is 0 Å². The largest absolute Gasteiger partial charge is 0.341 e. The summed E-state index contributed by atoms with van der Waals surface area (Å²) in [4.78, 5) is 14.2. The normalized spacial score (nSPS) is 18.2. The van der Waals surface area contributed by atoms with Crippen molar-refractivity contribution in [3.05, 3.63) is 71.8 Å². The summed E-state index contributed by atoms with van der Waals surface area (Å²) >= 11 is 0. The minimum absolute atomic E-state index is 0.211. The van der Waals surface area contributed by atoms with Crippen molar-refractivity contribution in [3.8, 4) is 0 Å². The molecule has 1 amide bonds. The molecule has 0 spiro atoms. The number of carbonyl (C=O) groups is 1. The molecular formula is C19H22N2O. The molecule has 2 aromatic rings. The lowest BCUT2D eigenvalue weighted by atomic mass is 9.91. The third kappa shape index (κ3) is 3.20. The van der Waals surface area contributed by atoms with Crippen LogP contribution in [-0.4, -0.2) is 30.4 Å². The minimum atomic E-state index is 0.211. The quantitative estimate of drug-likeness (QED) is 0.921. The van der Waals surface area contributed by atoms with Gasteiger partial charge in [-0.1, -0.05) is 60.7 Å². The van der Waals surface area contributed by atoms with Gasteiger partial charge in [0.05, 0.1) is 0 Å². The summed E-state index contributed by atoms with van der Waals surface area (Å²) in [6.07, 6.45) is 0.590. The summed E-state index contributed by atoms with van der Waals surface area (Å²) in [6.45, 7) is 2.10. The monoisotopic (exact) mass is 294 g/mol. The third-order valence-electron chi connectivity index (χ3n) is 4.43. The highest BCUT2D eigenvalue weighted by molar-refractivity contribution is 5.78. The second-order valence-electron chi connectivity index (χ2n) is 5.98. The van der Waals surface area contributed by atoms with E-state index in [9.17, 15) is 4.79 Å². The molecule has 0 bridgehead atoms. The molecule has 22 heavy (non-hydrogen) atoms. The average molecular weight is 294 g/mol. The van der Waals surface area contributed by atoms with Crippen LogP contribution >= 0.6 is 0 Å². The van der Waals surface area contributed by atoms with Crippen LogP contribution in [0.5, 0.6) is 0 Å². The van der Waals surface area contributed by atoms with Crippen LogP contribution in [0.15, 0.2) is 60.7 Å². The van der Waals surface area contributed by atoms with Crippen LogP contribution < -0.4 is 5.73 Å². The molecule has 0 saturated carbocycles. The SMILES string of the molecule is NCC1CC(=O)N(CC(c2ccccc2)c2ccccc2)C1. The molecule has 1 saturated heterocycles. The molecule has 3 rings (SSSR count). The Bertz CT molecular complexity index is 572. The second kappa shape index (κ2) is 6.75. The summed E-state index contributed by atoms with van der Waals surface area (Å²) < 4.78 is 0. The molecule has 1 aliphatic rings. The van der Waals surface area contributed by atoms with Gasteiger partial charge in [-0.05, 0) is 23.6 Å². The molecule has 2 N–H and O–H groups in total. The summed E-state index contributed by atoms with van der Waals surface area (Å²) in [6, 6.07) is 20.8. The molecule has 1 heterocycles. The first-order valence-corrected chi connectivity index (χ1v) is 7.85. The first-order chi connectivity index (χ1) is 10.8. The van der Waals surface area contributed by atoms with Crippen molar-refractivity contribution in [3.63, 3.8) is 0 Å². The Labute approximate surface area is 131 Å². The Hall–Kier alpha value is -2.13. The van der Waals surface area contributed by atoms with Gasteiger partial charge >= 0.3 is 0 Å². The van der Waals surface area contributed by atoms with E-state index in [0.717, 1.165) is 13.1 Å². The smallest absolute Gasteiger partial charge is 0.223 e. The van der Waals surface area contributed by atoms with E-state index in [4.69, 9.17) is 5.73 Å². The lowest BCUT2D eigenvalue weighted by molar-refractivity contribution is -0.127. The predicted octanol–water partition coefficient (Wildman–Crippen LogP) is 2.63.